The second-order valence-corrected chi connectivity index (χ2v) is 4.94. The van der Waals surface area contributed by atoms with Crippen molar-refractivity contribution in [1.29, 1.82) is 0 Å². The molecule has 1 heterocycles. The van der Waals surface area contributed by atoms with Crippen LogP contribution in [0.3, 0.4) is 0 Å². The van der Waals surface area contributed by atoms with Gasteiger partial charge in [-0.2, -0.15) is 0 Å². The number of carbonyl (C=O) groups is 1. The van der Waals surface area contributed by atoms with E-state index in [1.54, 1.807) is 0 Å². The summed E-state index contributed by atoms with van der Waals surface area (Å²) < 4.78 is 13.1. The van der Waals surface area contributed by atoms with Gasteiger partial charge in [-0.1, -0.05) is 29.8 Å². The summed E-state index contributed by atoms with van der Waals surface area (Å²) in [4.78, 5) is 15.1. The van der Waals surface area contributed by atoms with Crippen LogP contribution in [0, 0.1) is 18.7 Å². The molecular formula is C16H16FNO2. The Morgan fingerprint density at radius 2 is 1.85 bits per heavy atom. The molecule has 0 aliphatic carbocycles. The number of aliphatic carboxylic acids is 1. The van der Waals surface area contributed by atoms with Gasteiger partial charge in [-0.15, -0.1) is 0 Å². The molecule has 0 saturated heterocycles. The summed E-state index contributed by atoms with van der Waals surface area (Å²) in [5, 5.41) is 9.31. The summed E-state index contributed by atoms with van der Waals surface area (Å²) in [6.07, 6.45) is 3.31. The van der Waals surface area contributed by atoms with E-state index in [1.165, 1.54) is 12.3 Å². The zero-order valence-electron chi connectivity index (χ0n) is 11.2. The third-order valence-corrected chi connectivity index (χ3v) is 3.20. The fourth-order valence-corrected chi connectivity index (χ4v) is 2.11. The molecule has 0 fully saturated rings. The van der Waals surface area contributed by atoms with E-state index in [0.717, 1.165) is 17.3 Å². The topological polar surface area (TPSA) is 50.2 Å². The van der Waals surface area contributed by atoms with Crippen molar-refractivity contribution in [3.05, 3.63) is 65.2 Å². The fourth-order valence-electron chi connectivity index (χ4n) is 2.11. The highest BCUT2D eigenvalue weighted by Gasteiger charge is 2.19. The van der Waals surface area contributed by atoms with Gasteiger partial charge in [0, 0.05) is 6.20 Å². The highest BCUT2D eigenvalue weighted by atomic mass is 19.1. The standard InChI is InChI=1S/C16H16FNO2/c1-11-2-4-12(5-3-11)6-14(16(19)20)7-13-8-15(17)10-18-9-13/h2-5,8-10,14H,6-7H2,1H3,(H,19,20). The number of carboxylic acid groups (broad SMARTS) is 1. The van der Waals surface area contributed by atoms with Crippen molar-refractivity contribution >= 4 is 5.97 Å². The third kappa shape index (κ3) is 3.88. The molecule has 0 aliphatic heterocycles. The van der Waals surface area contributed by atoms with Gasteiger partial charge in [0.1, 0.15) is 5.82 Å². The lowest BCUT2D eigenvalue weighted by Crippen LogP contribution is -2.19. The fraction of sp³-hybridized carbons (Fsp3) is 0.250. The molecule has 1 aromatic heterocycles. The Hall–Kier alpha value is -2.23. The maximum absolute atomic E-state index is 13.1. The van der Waals surface area contributed by atoms with E-state index in [0.29, 0.717) is 12.0 Å². The number of aromatic nitrogens is 1. The summed E-state index contributed by atoms with van der Waals surface area (Å²) in [7, 11) is 0. The van der Waals surface area contributed by atoms with Crippen LogP contribution < -0.4 is 0 Å². The maximum atomic E-state index is 13.1. The van der Waals surface area contributed by atoms with Crippen molar-refractivity contribution in [2.45, 2.75) is 19.8 Å². The van der Waals surface area contributed by atoms with Crippen LogP contribution in [0.4, 0.5) is 4.39 Å². The molecule has 3 nitrogen and oxygen atoms in total. The Morgan fingerprint density at radius 1 is 1.20 bits per heavy atom. The van der Waals surface area contributed by atoms with E-state index in [4.69, 9.17) is 0 Å². The molecule has 2 aromatic rings. The normalized spacial score (nSPS) is 12.1. The average molecular weight is 273 g/mol. The predicted molar refractivity (Wildman–Crippen MR) is 73.9 cm³/mol. The van der Waals surface area contributed by atoms with Gasteiger partial charge in [-0.25, -0.2) is 4.39 Å². The van der Waals surface area contributed by atoms with Gasteiger partial charge in [-0.05, 0) is 37.0 Å². The Morgan fingerprint density at radius 3 is 2.45 bits per heavy atom. The largest absolute Gasteiger partial charge is 0.481 e. The van der Waals surface area contributed by atoms with Crippen LogP contribution in [-0.2, 0) is 17.6 Å². The minimum atomic E-state index is -0.880. The van der Waals surface area contributed by atoms with Gasteiger partial charge in [0.15, 0.2) is 0 Å². The third-order valence-electron chi connectivity index (χ3n) is 3.20. The van der Waals surface area contributed by atoms with Gasteiger partial charge >= 0.3 is 5.97 Å². The zero-order chi connectivity index (χ0) is 14.5. The van der Waals surface area contributed by atoms with Crippen molar-refractivity contribution in [3.8, 4) is 0 Å². The molecule has 2 rings (SSSR count). The van der Waals surface area contributed by atoms with Gasteiger partial charge in [0.05, 0.1) is 12.1 Å². The first-order valence-electron chi connectivity index (χ1n) is 6.42. The molecule has 1 aromatic carbocycles. The molecule has 1 atom stereocenters. The molecule has 0 radical (unpaired) electrons. The van der Waals surface area contributed by atoms with Crippen LogP contribution in [0.1, 0.15) is 16.7 Å². The molecule has 0 spiro atoms. The van der Waals surface area contributed by atoms with Crippen molar-refractivity contribution in [1.82, 2.24) is 4.98 Å². The number of pyridine rings is 1. The molecule has 1 unspecified atom stereocenters. The molecular weight excluding hydrogens is 257 g/mol. The average Bonchev–Trinajstić information content (AvgIpc) is 2.40. The molecule has 0 amide bonds. The number of aryl methyl sites for hydroxylation is 1. The summed E-state index contributed by atoms with van der Waals surface area (Å²) >= 11 is 0. The van der Waals surface area contributed by atoms with E-state index in [2.05, 4.69) is 4.98 Å². The highest BCUT2D eigenvalue weighted by molar-refractivity contribution is 5.70. The Labute approximate surface area is 117 Å². The van der Waals surface area contributed by atoms with E-state index in [1.807, 2.05) is 31.2 Å². The monoisotopic (exact) mass is 273 g/mol. The number of rotatable bonds is 5. The Bertz CT molecular complexity index is 596. The summed E-state index contributed by atoms with van der Waals surface area (Å²) in [6, 6.07) is 9.10. The van der Waals surface area contributed by atoms with Crippen LogP contribution in [-0.4, -0.2) is 16.1 Å². The number of carboxylic acids is 1. The van der Waals surface area contributed by atoms with Gasteiger partial charge in [0.25, 0.3) is 0 Å². The SMILES string of the molecule is Cc1ccc(CC(Cc2cncc(F)c2)C(=O)O)cc1. The lowest BCUT2D eigenvalue weighted by molar-refractivity contribution is -0.141. The van der Waals surface area contributed by atoms with Crippen LogP contribution >= 0.6 is 0 Å². The summed E-state index contributed by atoms with van der Waals surface area (Å²) in [6.45, 7) is 1.98. The molecule has 20 heavy (non-hydrogen) atoms. The molecule has 0 aliphatic rings. The van der Waals surface area contributed by atoms with E-state index < -0.39 is 17.7 Å². The molecule has 104 valence electrons. The number of hydrogen-bond donors (Lipinski definition) is 1. The number of hydrogen-bond acceptors (Lipinski definition) is 2. The number of halogens is 1. The first kappa shape index (κ1) is 14.2. The molecule has 1 N–H and O–H groups in total. The van der Waals surface area contributed by atoms with E-state index in [-0.39, 0.29) is 6.42 Å². The maximum Gasteiger partial charge on any atom is 0.307 e. The van der Waals surface area contributed by atoms with Gasteiger partial charge in [0.2, 0.25) is 0 Å². The lowest BCUT2D eigenvalue weighted by Gasteiger charge is -2.12. The van der Waals surface area contributed by atoms with Crippen molar-refractivity contribution in [2.75, 3.05) is 0 Å². The lowest BCUT2D eigenvalue weighted by atomic mass is 9.93. The second-order valence-electron chi connectivity index (χ2n) is 4.94. The highest BCUT2D eigenvalue weighted by Crippen LogP contribution is 2.16. The predicted octanol–water partition coefficient (Wildman–Crippen LogP) is 3.02. The van der Waals surface area contributed by atoms with Crippen LogP contribution in [0.2, 0.25) is 0 Å². The van der Waals surface area contributed by atoms with Crippen LogP contribution in [0.5, 0.6) is 0 Å². The summed E-state index contributed by atoms with van der Waals surface area (Å²) in [5.74, 6) is -1.90. The summed E-state index contributed by atoms with van der Waals surface area (Å²) in [5.41, 5.74) is 2.70. The minimum Gasteiger partial charge on any atom is -0.481 e. The smallest absolute Gasteiger partial charge is 0.307 e. The minimum absolute atomic E-state index is 0.272. The molecule has 0 saturated carbocycles. The molecule has 0 bridgehead atoms. The van der Waals surface area contributed by atoms with Gasteiger partial charge in [-0.3, -0.25) is 9.78 Å². The van der Waals surface area contributed by atoms with Crippen LogP contribution in [0.15, 0.2) is 42.7 Å². The second kappa shape index (κ2) is 6.28. The first-order valence-corrected chi connectivity index (χ1v) is 6.42. The first-order chi connectivity index (χ1) is 9.54. The Balaban J connectivity index is 2.11. The van der Waals surface area contributed by atoms with Gasteiger partial charge < -0.3 is 5.11 Å². The number of benzene rings is 1. The zero-order valence-corrected chi connectivity index (χ0v) is 11.2. The van der Waals surface area contributed by atoms with Crippen LogP contribution in [0.25, 0.3) is 0 Å². The Kier molecular flexibility index (Phi) is 4.45. The molecule has 4 heteroatoms. The van der Waals surface area contributed by atoms with Crippen molar-refractivity contribution in [2.24, 2.45) is 5.92 Å². The quantitative estimate of drug-likeness (QED) is 0.911. The van der Waals surface area contributed by atoms with E-state index in [9.17, 15) is 14.3 Å². The van der Waals surface area contributed by atoms with Crippen molar-refractivity contribution in [3.63, 3.8) is 0 Å². The van der Waals surface area contributed by atoms with Crippen molar-refractivity contribution < 1.29 is 14.3 Å². The number of nitrogens with zero attached hydrogens (tertiary/aromatic N) is 1. The van der Waals surface area contributed by atoms with E-state index >= 15 is 0 Å².